The number of likely N-dealkylation sites (tertiary alicyclic amines) is 2. The molecule has 10 heteroatoms. The van der Waals surface area contributed by atoms with Crippen LogP contribution >= 0.6 is 11.5 Å². The van der Waals surface area contributed by atoms with Gasteiger partial charge in [-0.15, -0.1) is 5.10 Å². The van der Waals surface area contributed by atoms with Crippen LogP contribution in [0.2, 0.25) is 0 Å². The van der Waals surface area contributed by atoms with Crippen molar-refractivity contribution in [3.8, 4) is 0 Å². The molecule has 0 aliphatic carbocycles. The number of halogens is 3. The average molecular weight is 424 g/mol. The number of aromatic nitrogens is 2. The van der Waals surface area contributed by atoms with E-state index in [4.69, 9.17) is 0 Å². The van der Waals surface area contributed by atoms with Crippen molar-refractivity contribution in [1.29, 1.82) is 0 Å². The Labute approximate surface area is 169 Å². The summed E-state index contributed by atoms with van der Waals surface area (Å²) in [5, 5.41) is 5.48. The third kappa shape index (κ3) is 3.98. The summed E-state index contributed by atoms with van der Waals surface area (Å²) >= 11 is 1.12. The maximum absolute atomic E-state index is 13.0. The normalized spacial score (nSPS) is 22.3. The first-order chi connectivity index (χ1) is 13.8. The topological polar surface area (TPSA) is 66.4 Å². The number of carbonyl (C=O) groups is 2. The van der Waals surface area contributed by atoms with Crippen molar-refractivity contribution in [2.75, 3.05) is 19.6 Å². The van der Waals surface area contributed by atoms with Crippen LogP contribution in [0.15, 0.2) is 29.6 Å². The van der Waals surface area contributed by atoms with E-state index in [1.807, 2.05) is 4.90 Å². The maximum atomic E-state index is 13.0. The second-order valence-corrected chi connectivity index (χ2v) is 7.99. The van der Waals surface area contributed by atoms with Crippen LogP contribution in [0.4, 0.5) is 13.2 Å². The number of benzene rings is 1. The van der Waals surface area contributed by atoms with E-state index in [0.717, 1.165) is 36.5 Å². The van der Waals surface area contributed by atoms with Gasteiger partial charge in [-0.25, -0.2) is 0 Å². The summed E-state index contributed by atoms with van der Waals surface area (Å²) in [6.07, 6.45) is -2.21. The third-order valence-electron chi connectivity index (χ3n) is 5.63. The van der Waals surface area contributed by atoms with Crippen LogP contribution in [0, 0.1) is 5.92 Å². The molecule has 4 rings (SSSR count). The lowest BCUT2D eigenvalue weighted by atomic mass is 9.83. The van der Waals surface area contributed by atoms with E-state index < -0.39 is 17.6 Å². The van der Waals surface area contributed by atoms with Gasteiger partial charge in [-0.1, -0.05) is 10.6 Å². The highest BCUT2D eigenvalue weighted by atomic mass is 32.1. The fraction of sp³-hybridized carbons (Fsp3) is 0.474. The number of carbonyl (C=O) groups excluding carboxylic acids is 2. The molecular weight excluding hydrogens is 405 g/mol. The van der Waals surface area contributed by atoms with E-state index in [2.05, 4.69) is 9.59 Å². The van der Waals surface area contributed by atoms with Gasteiger partial charge in [-0.05, 0) is 54.9 Å². The van der Waals surface area contributed by atoms with Crippen LogP contribution < -0.4 is 0 Å². The number of fused-ring (bicyclic) bond motifs is 1. The number of rotatable bonds is 2. The van der Waals surface area contributed by atoms with Gasteiger partial charge in [-0.2, -0.15) is 13.2 Å². The van der Waals surface area contributed by atoms with Gasteiger partial charge in [-0.3, -0.25) is 9.59 Å². The van der Waals surface area contributed by atoms with E-state index in [1.54, 1.807) is 10.3 Å². The molecule has 0 radical (unpaired) electrons. The summed E-state index contributed by atoms with van der Waals surface area (Å²) in [5.41, 5.74) is -0.460. The number of hydrogen-bond acceptors (Lipinski definition) is 5. The van der Waals surface area contributed by atoms with Crippen molar-refractivity contribution in [2.24, 2.45) is 5.92 Å². The molecule has 29 heavy (non-hydrogen) atoms. The van der Waals surface area contributed by atoms with Gasteiger partial charge in [0, 0.05) is 36.6 Å². The molecule has 2 aliphatic heterocycles. The number of alkyl halides is 3. The van der Waals surface area contributed by atoms with Crippen molar-refractivity contribution in [3.05, 3.63) is 46.5 Å². The molecule has 1 aromatic carbocycles. The summed E-state index contributed by atoms with van der Waals surface area (Å²) in [6, 6.07) is 4.53. The minimum Gasteiger partial charge on any atom is -0.338 e. The minimum absolute atomic E-state index is 0.00325. The highest BCUT2D eigenvalue weighted by Crippen LogP contribution is 2.33. The van der Waals surface area contributed by atoms with E-state index in [-0.39, 0.29) is 23.4 Å². The molecular formula is C19H19F3N4O2S. The van der Waals surface area contributed by atoms with Crippen LogP contribution in [0.1, 0.15) is 45.7 Å². The van der Waals surface area contributed by atoms with Gasteiger partial charge in [0.25, 0.3) is 11.8 Å². The third-order valence-corrected chi connectivity index (χ3v) is 6.14. The lowest BCUT2D eigenvalue weighted by Crippen LogP contribution is -2.56. The lowest BCUT2D eigenvalue weighted by Gasteiger charge is -2.47. The number of nitrogens with zero attached hydrogens (tertiary/aromatic N) is 4. The average Bonchev–Trinajstić information content (AvgIpc) is 3.26. The summed E-state index contributed by atoms with van der Waals surface area (Å²) in [5.74, 6) is -0.449. The Hall–Kier alpha value is -2.49. The Kier molecular flexibility index (Phi) is 5.28. The van der Waals surface area contributed by atoms with Gasteiger partial charge in [0.05, 0.1) is 5.56 Å². The van der Waals surface area contributed by atoms with Crippen molar-refractivity contribution in [2.45, 2.75) is 31.5 Å². The van der Waals surface area contributed by atoms with Gasteiger partial charge >= 0.3 is 6.18 Å². The lowest BCUT2D eigenvalue weighted by molar-refractivity contribution is -0.137. The summed E-state index contributed by atoms with van der Waals surface area (Å²) < 4.78 is 42.6. The van der Waals surface area contributed by atoms with E-state index in [9.17, 15) is 22.8 Å². The molecule has 2 amide bonds. The predicted molar refractivity (Wildman–Crippen MR) is 99.4 cm³/mol. The van der Waals surface area contributed by atoms with Gasteiger partial charge in [0.2, 0.25) is 0 Å². The zero-order valence-electron chi connectivity index (χ0n) is 15.4. The molecule has 0 bridgehead atoms. The Morgan fingerprint density at radius 2 is 1.97 bits per heavy atom. The quantitative estimate of drug-likeness (QED) is 0.742. The van der Waals surface area contributed by atoms with Crippen LogP contribution in [0.3, 0.4) is 0 Å². The molecule has 154 valence electrons. The Morgan fingerprint density at radius 3 is 2.69 bits per heavy atom. The van der Waals surface area contributed by atoms with Gasteiger partial charge in [0.15, 0.2) is 5.69 Å². The first-order valence-corrected chi connectivity index (χ1v) is 10.2. The largest absolute Gasteiger partial charge is 0.416 e. The zero-order valence-corrected chi connectivity index (χ0v) is 16.2. The van der Waals surface area contributed by atoms with Gasteiger partial charge < -0.3 is 9.80 Å². The van der Waals surface area contributed by atoms with Crippen molar-refractivity contribution in [1.82, 2.24) is 19.4 Å². The molecule has 2 saturated heterocycles. The number of piperidine rings is 2. The summed E-state index contributed by atoms with van der Waals surface area (Å²) in [4.78, 5) is 29.0. The molecule has 2 atom stereocenters. The Morgan fingerprint density at radius 1 is 1.14 bits per heavy atom. The monoisotopic (exact) mass is 424 g/mol. The molecule has 1 aromatic heterocycles. The second kappa shape index (κ2) is 7.74. The molecule has 2 fully saturated rings. The van der Waals surface area contributed by atoms with Crippen LogP contribution in [-0.2, 0) is 6.18 Å². The Balaban J connectivity index is 1.47. The Bertz CT molecular complexity index is 903. The fourth-order valence-corrected chi connectivity index (χ4v) is 4.69. The first-order valence-electron chi connectivity index (χ1n) is 9.39. The van der Waals surface area contributed by atoms with E-state index >= 15 is 0 Å². The standard InChI is InChI=1S/C19H19F3N4O2S/c20-19(21,22)14-5-1-3-12(9-14)17(27)25-8-6-16-13(10-25)4-2-7-26(16)18(28)15-11-29-24-23-15/h1,3,5,9,11,13,16H,2,4,6-8,10H2/t13-,16-/m1/s1. The molecule has 0 unspecified atom stereocenters. The number of amides is 2. The SMILES string of the molecule is O=C(c1cccc(C(F)(F)F)c1)N1CC[C@@H]2[C@H](CCCN2C(=O)c2csnn2)C1. The molecule has 0 spiro atoms. The molecule has 0 N–H and O–H groups in total. The van der Waals surface area contributed by atoms with Crippen molar-refractivity contribution >= 4 is 23.3 Å². The molecule has 2 aromatic rings. The molecule has 6 nitrogen and oxygen atoms in total. The summed E-state index contributed by atoms with van der Waals surface area (Å²) in [7, 11) is 0. The molecule has 3 heterocycles. The van der Waals surface area contributed by atoms with Crippen LogP contribution in [0.25, 0.3) is 0 Å². The highest BCUT2D eigenvalue weighted by molar-refractivity contribution is 7.03. The fourth-order valence-electron chi connectivity index (χ4n) is 4.26. The van der Waals surface area contributed by atoms with E-state index in [0.29, 0.717) is 31.7 Å². The second-order valence-electron chi connectivity index (χ2n) is 7.38. The van der Waals surface area contributed by atoms with Gasteiger partial charge in [0.1, 0.15) is 0 Å². The maximum Gasteiger partial charge on any atom is 0.416 e. The highest BCUT2D eigenvalue weighted by Gasteiger charge is 2.40. The van der Waals surface area contributed by atoms with Crippen LogP contribution in [0.5, 0.6) is 0 Å². The predicted octanol–water partition coefficient (Wildman–Crippen LogP) is 3.32. The zero-order chi connectivity index (χ0) is 20.6. The van der Waals surface area contributed by atoms with Crippen molar-refractivity contribution in [3.63, 3.8) is 0 Å². The smallest absolute Gasteiger partial charge is 0.338 e. The summed E-state index contributed by atoms with van der Waals surface area (Å²) in [6.45, 7) is 1.47. The van der Waals surface area contributed by atoms with Crippen molar-refractivity contribution < 1.29 is 22.8 Å². The van der Waals surface area contributed by atoms with E-state index in [1.165, 1.54) is 12.1 Å². The molecule has 2 aliphatic rings. The van der Waals surface area contributed by atoms with Crippen LogP contribution in [-0.4, -0.2) is 56.9 Å². The minimum atomic E-state index is -4.49. The first kappa shape index (κ1) is 19.8. The number of hydrogen-bond donors (Lipinski definition) is 0. The molecule has 0 saturated carbocycles.